The van der Waals surface area contributed by atoms with Crippen molar-refractivity contribution in [1.82, 2.24) is 4.90 Å². The molecule has 0 saturated carbocycles. The maximum absolute atomic E-state index is 12.3. The molecule has 1 atom stereocenters. The van der Waals surface area contributed by atoms with E-state index in [2.05, 4.69) is 5.32 Å². The third-order valence-corrected chi connectivity index (χ3v) is 4.01. The van der Waals surface area contributed by atoms with E-state index in [1.54, 1.807) is 25.1 Å². The van der Waals surface area contributed by atoms with Crippen LogP contribution in [0.5, 0.6) is 5.75 Å². The monoisotopic (exact) mass is 302 g/mol. The molecule has 0 aromatic heterocycles. The number of benzene rings is 1. The molecule has 1 unspecified atom stereocenters. The van der Waals surface area contributed by atoms with Crippen LogP contribution in [0.25, 0.3) is 0 Å². The summed E-state index contributed by atoms with van der Waals surface area (Å²) in [5.41, 5.74) is 1.07. The summed E-state index contributed by atoms with van der Waals surface area (Å²) in [6.45, 7) is 3.23. The SMILES string of the molecule is CC1Oc2ccc(C(=O)CN3CCC(=O)CC3)cc2NC1=O. The van der Waals surface area contributed by atoms with Crippen molar-refractivity contribution in [1.29, 1.82) is 0 Å². The Kier molecular flexibility index (Phi) is 3.94. The van der Waals surface area contributed by atoms with Gasteiger partial charge in [-0.2, -0.15) is 0 Å². The van der Waals surface area contributed by atoms with E-state index >= 15 is 0 Å². The smallest absolute Gasteiger partial charge is 0.265 e. The Morgan fingerprint density at radius 2 is 2.05 bits per heavy atom. The maximum atomic E-state index is 12.3. The van der Waals surface area contributed by atoms with Gasteiger partial charge in [0, 0.05) is 31.5 Å². The molecule has 0 bridgehead atoms. The zero-order valence-corrected chi connectivity index (χ0v) is 12.4. The summed E-state index contributed by atoms with van der Waals surface area (Å²) in [4.78, 5) is 37.2. The van der Waals surface area contributed by atoms with E-state index in [0.717, 1.165) is 0 Å². The highest BCUT2D eigenvalue weighted by Gasteiger charge is 2.25. The number of anilines is 1. The molecule has 0 aliphatic carbocycles. The van der Waals surface area contributed by atoms with Crippen LogP contribution in [0.1, 0.15) is 30.1 Å². The molecule has 0 radical (unpaired) electrons. The number of ether oxygens (including phenoxy) is 1. The Morgan fingerprint density at radius 1 is 1.32 bits per heavy atom. The van der Waals surface area contributed by atoms with Gasteiger partial charge in [0.25, 0.3) is 5.91 Å². The average Bonchev–Trinajstić information content (AvgIpc) is 2.50. The van der Waals surface area contributed by atoms with Crippen LogP contribution in [0.3, 0.4) is 0 Å². The highest BCUT2D eigenvalue weighted by Crippen LogP contribution is 2.30. The molecule has 1 aromatic carbocycles. The van der Waals surface area contributed by atoms with E-state index in [1.165, 1.54) is 0 Å². The summed E-state index contributed by atoms with van der Waals surface area (Å²) in [7, 11) is 0. The molecule has 1 amide bonds. The molecular formula is C16H18N2O4. The van der Waals surface area contributed by atoms with Crippen molar-refractivity contribution in [3.63, 3.8) is 0 Å². The highest BCUT2D eigenvalue weighted by molar-refractivity contribution is 6.02. The first-order valence-electron chi connectivity index (χ1n) is 7.42. The van der Waals surface area contributed by atoms with Crippen LogP contribution in [0.15, 0.2) is 18.2 Å². The minimum Gasteiger partial charge on any atom is -0.479 e. The molecule has 116 valence electrons. The third kappa shape index (κ3) is 3.01. The number of amides is 1. The molecule has 2 heterocycles. The van der Waals surface area contributed by atoms with Crippen LogP contribution in [-0.2, 0) is 9.59 Å². The second-order valence-electron chi connectivity index (χ2n) is 5.70. The van der Waals surface area contributed by atoms with Crippen molar-refractivity contribution < 1.29 is 19.1 Å². The van der Waals surface area contributed by atoms with Crippen molar-refractivity contribution in [2.24, 2.45) is 0 Å². The van der Waals surface area contributed by atoms with E-state index in [1.807, 2.05) is 4.90 Å². The van der Waals surface area contributed by atoms with Crippen LogP contribution in [0.4, 0.5) is 5.69 Å². The van der Waals surface area contributed by atoms with E-state index in [-0.39, 0.29) is 24.0 Å². The number of hydrogen-bond donors (Lipinski definition) is 1. The van der Waals surface area contributed by atoms with Gasteiger partial charge in [0.15, 0.2) is 11.9 Å². The lowest BCUT2D eigenvalue weighted by molar-refractivity contribution is -0.123. The molecule has 6 heteroatoms. The lowest BCUT2D eigenvalue weighted by Gasteiger charge is -2.26. The molecule has 2 aliphatic heterocycles. The van der Waals surface area contributed by atoms with E-state index in [4.69, 9.17) is 4.74 Å². The largest absolute Gasteiger partial charge is 0.479 e. The van der Waals surface area contributed by atoms with E-state index in [0.29, 0.717) is 42.9 Å². The number of piperidine rings is 1. The van der Waals surface area contributed by atoms with Gasteiger partial charge >= 0.3 is 0 Å². The average molecular weight is 302 g/mol. The number of carbonyl (C=O) groups excluding carboxylic acids is 3. The Labute approximate surface area is 128 Å². The predicted molar refractivity (Wildman–Crippen MR) is 80.2 cm³/mol. The minimum absolute atomic E-state index is 0.0231. The van der Waals surface area contributed by atoms with Crippen molar-refractivity contribution in [3.8, 4) is 5.75 Å². The van der Waals surface area contributed by atoms with Gasteiger partial charge in [-0.1, -0.05) is 0 Å². The van der Waals surface area contributed by atoms with Gasteiger partial charge in [-0.3, -0.25) is 19.3 Å². The van der Waals surface area contributed by atoms with Crippen molar-refractivity contribution in [2.75, 3.05) is 25.0 Å². The Bertz CT molecular complexity index is 631. The van der Waals surface area contributed by atoms with E-state index in [9.17, 15) is 14.4 Å². The van der Waals surface area contributed by atoms with Gasteiger partial charge < -0.3 is 10.1 Å². The zero-order valence-electron chi connectivity index (χ0n) is 12.4. The van der Waals surface area contributed by atoms with Gasteiger partial charge in [-0.25, -0.2) is 0 Å². The van der Waals surface area contributed by atoms with Crippen LogP contribution in [0.2, 0.25) is 0 Å². The second-order valence-corrected chi connectivity index (χ2v) is 5.70. The number of carbonyl (C=O) groups is 3. The first-order valence-corrected chi connectivity index (χ1v) is 7.42. The molecule has 1 aromatic rings. The summed E-state index contributed by atoms with van der Waals surface area (Å²) in [6, 6.07) is 5.06. The Balaban J connectivity index is 1.70. The van der Waals surface area contributed by atoms with E-state index < -0.39 is 6.10 Å². The quantitative estimate of drug-likeness (QED) is 0.851. The van der Waals surface area contributed by atoms with Crippen LogP contribution in [-0.4, -0.2) is 48.1 Å². The number of rotatable bonds is 3. The van der Waals surface area contributed by atoms with Gasteiger partial charge in [0.2, 0.25) is 0 Å². The third-order valence-electron chi connectivity index (χ3n) is 4.01. The Hall–Kier alpha value is -2.21. The first kappa shape index (κ1) is 14.7. The number of Topliss-reactive ketones (excluding diaryl/α,β-unsaturated/α-hetero) is 2. The fraction of sp³-hybridized carbons (Fsp3) is 0.438. The molecule has 6 nitrogen and oxygen atoms in total. The Morgan fingerprint density at radius 3 is 2.77 bits per heavy atom. The van der Waals surface area contributed by atoms with Gasteiger partial charge in [-0.15, -0.1) is 0 Å². The molecule has 2 aliphatic rings. The molecule has 1 saturated heterocycles. The second kappa shape index (κ2) is 5.88. The minimum atomic E-state index is -0.528. The number of nitrogens with zero attached hydrogens (tertiary/aromatic N) is 1. The summed E-state index contributed by atoms with van der Waals surface area (Å²) in [5, 5.41) is 2.74. The predicted octanol–water partition coefficient (Wildman–Crippen LogP) is 1.25. The molecule has 1 N–H and O–H groups in total. The summed E-state index contributed by atoms with van der Waals surface area (Å²) < 4.78 is 5.47. The van der Waals surface area contributed by atoms with Gasteiger partial charge in [-0.05, 0) is 25.1 Å². The molecular weight excluding hydrogens is 284 g/mol. The summed E-state index contributed by atoms with van der Waals surface area (Å²) in [6.07, 6.45) is 0.498. The fourth-order valence-corrected chi connectivity index (χ4v) is 2.64. The van der Waals surface area contributed by atoms with Crippen LogP contribution in [0, 0.1) is 0 Å². The normalized spacial score (nSPS) is 21.8. The number of fused-ring (bicyclic) bond motifs is 1. The van der Waals surface area contributed by atoms with Crippen molar-refractivity contribution >= 4 is 23.2 Å². The summed E-state index contributed by atoms with van der Waals surface area (Å²) >= 11 is 0. The highest BCUT2D eigenvalue weighted by atomic mass is 16.5. The topological polar surface area (TPSA) is 75.7 Å². The number of ketones is 2. The zero-order chi connectivity index (χ0) is 15.7. The number of nitrogens with one attached hydrogen (secondary N) is 1. The van der Waals surface area contributed by atoms with Gasteiger partial charge in [0.1, 0.15) is 11.5 Å². The number of hydrogen-bond acceptors (Lipinski definition) is 5. The molecule has 3 rings (SSSR count). The molecule has 22 heavy (non-hydrogen) atoms. The van der Waals surface area contributed by atoms with Crippen LogP contribution < -0.4 is 10.1 Å². The number of likely N-dealkylation sites (tertiary alicyclic amines) is 1. The molecule has 0 spiro atoms. The lowest BCUT2D eigenvalue weighted by atomic mass is 10.1. The first-order chi connectivity index (χ1) is 10.5. The lowest BCUT2D eigenvalue weighted by Crippen LogP contribution is -2.37. The van der Waals surface area contributed by atoms with Gasteiger partial charge in [0.05, 0.1) is 12.2 Å². The standard InChI is InChI=1S/C16H18N2O4/c1-10-16(21)17-13-8-11(2-3-15(13)22-10)14(20)9-18-6-4-12(19)5-7-18/h2-3,8,10H,4-7,9H2,1H3,(H,17,21). The van der Waals surface area contributed by atoms with Crippen molar-refractivity contribution in [2.45, 2.75) is 25.9 Å². The maximum Gasteiger partial charge on any atom is 0.265 e. The van der Waals surface area contributed by atoms with Crippen molar-refractivity contribution in [3.05, 3.63) is 23.8 Å². The van der Waals surface area contributed by atoms with Crippen LogP contribution >= 0.6 is 0 Å². The summed E-state index contributed by atoms with van der Waals surface area (Å²) in [5.74, 6) is 0.593. The molecule has 1 fully saturated rings. The fourth-order valence-electron chi connectivity index (χ4n) is 2.64.